The molecule has 2 aromatic carbocycles. The van der Waals surface area contributed by atoms with Crippen molar-refractivity contribution in [2.24, 2.45) is 5.10 Å². The molecule has 0 fully saturated rings. The Labute approximate surface area is 211 Å². The second-order valence-electron chi connectivity index (χ2n) is 7.89. The minimum Gasteiger partial charge on any atom is -0.320 e. The molecule has 0 bridgehead atoms. The first-order valence-corrected chi connectivity index (χ1v) is 12.6. The third-order valence-electron chi connectivity index (χ3n) is 5.28. The number of hydrogen-bond acceptors (Lipinski definition) is 7. The highest BCUT2D eigenvalue weighted by atomic mass is 32.2. The molecule has 8 nitrogen and oxygen atoms in total. The molecule has 2 heterocycles. The maximum absolute atomic E-state index is 13.0. The van der Waals surface area contributed by atoms with Crippen LogP contribution in [0.25, 0.3) is 0 Å². The third-order valence-corrected chi connectivity index (χ3v) is 7.31. The summed E-state index contributed by atoms with van der Waals surface area (Å²) in [4.78, 5) is 30.2. The summed E-state index contributed by atoms with van der Waals surface area (Å²) in [6.45, 7) is 5.92. The van der Waals surface area contributed by atoms with Gasteiger partial charge in [-0.05, 0) is 66.1 Å². The lowest BCUT2D eigenvalue weighted by Gasteiger charge is -2.09. The van der Waals surface area contributed by atoms with Gasteiger partial charge in [0, 0.05) is 11.3 Å². The molecule has 4 rings (SSSR count). The predicted molar refractivity (Wildman–Crippen MR) is 140 cm³/mol. The highest BCUT2D eigenvalue weighted by Crippen LogP contribution is 2.28. The second kappa shape index (κ2) is 11.1. The summed E-state index contributed by atoms with van der Waals surface area (Å²) in [5.74, 6) is -0.0399. The fourth-order valence-corrected chi connectivity index (χ4v) is 4.85. The van der Waals surface area contributed by atoms with Gasteiger partial charge < -0.3 is 5.32 Å². The number of rotatable bonds is 8. The highest BCUT2D eigenvalue weighted by Gasteiger charge is 2.19. The lowest BCUT2D eigenvalue weighted by atomic mass is 10.1. The average Bonchev–Trinajstić information content (AvgIpc) is 3.50. The molecule has 35 heavy (non-hydrogen) atoms. The number of nitrogens with one attached hydrogen (secondary N) is 3. The normalized spacial score (nSPS) is 11.1. The fraction of sp³-hybridized carbons (Fsp3) is 0.160. The van der Waals surface area contributed by atoms with Crippen molar-refractivity contribution >= 4 is 46.8 Å². The van der Waals surface area contributed by atoms with Crippen LogP contribution in [0.2, 0.25) is 0 Å². The number of aromatic amines is 1. The number of carbonyl (C=O) groups excluding carboxylic acids is 2. The van der Waals surface area contributed by atoms with Crippen LogP contribution in [-0.2, 0) is 5.75 Å². The molecule has 0 atom stereocenters. The Kier molecular flexibility index (Phi) is 7.74. The Morgan fingerprint density at radius 3 is 2.71 bits per heavy atom. The number of hydrazone groups is 1. The minimum absolute atomic E-state index is 0.288. The summed E-state index contributed by atoms with van der Waals surface area (Å²) in [5.41, 5.74) is 8.56. The number of anilines is 1. The van der Waals surface area contributed by atoms with Crippen LogP contribution in [0, 0.1) is 20.8 Å². The van der Waals surface area contributed by atoms with Gasteiger partial charge in [0.1, 0.15) is 11.2 Å². The number of benzene rings is 2. The maximum Gasteiger partial charge on any atom is 0.283 e. The van der Waals surface area contributed by atoms with Crippen molar-refractivity contribution in [1.82, 2.24) is 20.6 Å². The van der Waals surface area contributed by atoms with Crippen molar-refractivity contribution in [3.05, 3.63) is 92.4 Å². The quantitative estimate of drug-likeness (QED) is 0.176. The van der Waals surface area contributed by atoms with E-state index >= 15 is 0 Å². The van der Waals surface area contributed by atoms with Gasteiger partial charge in [-0.1, -0.05) is 42.1 Å². The molecule has 0 spiro atoms. The van der Waals surface area contributed by atoms with E-state index in [1.807, 2.05) is 62.5 Å². The second-order valence-corrected chi connectivity index (χ2v) is 9.71. The summed E-state index contributed by atoms with van der Waals surface area (Å²) in [6.07, 6.45) is 3.13. The number of amides is 2. The number of H-pyrrole nitrogens is 1. The van der Waals surface area contributed by atoms with Crippen LogP contribution >= 0.6 is 23.1 Å². The zero-order valence-electron chi connectivity index (χ0n) is 19.5. The van der Waals surface area contributed by atoms with Crippen LogP contribution in [0.15, 0.2) is 64.4 Å². The Morgan fingerprint density at radius 2 is 1.94 bits per heavy atom. The molecule has 10 heteroatoms. The summed E-state index contributed by atoms with van der Waals surface area (Å²) in [7, 11) is 0. The average molecular weight is 505 g/mol. The highest BCUT2D eigenvalue weighted by molar-refractivity contribution is 7.98. The van der Waals surface area contributed by atoms with Crippen LogP contribution in [0.5, 0.6) is 0 Å². The molecule has 0 saturated heterocycles. The molecule has 0 aliphatic carbocycles. The fourth-order valence-electron chi connectivity index (χ4n) is 3.23. The van der Waals surface area contributed by atoms with Gasteiger partial charge in [-0.3, -0.25) is 14.7 Å². The molecule has 0 saturated carbocycles. The first-order valence-electron chi connectivity index (χ1n) is 10.8. The standard InChI is InChI=1S/C25H24N6O2S2/c1-15-7-8-18(9-16(15)2)11-27-30-24(33)22-21(17(3)12-34-22)29-23(32)20-6-4-5-19(10-20)13-35-25-26-14-28-31-25/h4-12,14H,13H2,1-3H3,(H,29,32)(H,30,33)(H,26,28,31). The molecule has 178 valence electrons. The lowest BCUT2D eigenvalue weighted by molar-refractivity contribution is 0.0960. The van der Waals surface area contributed by atoms with E-state index in [0.29, 0.717) is 27.0 Å². The maximum atomic E-state index is 13.0. The van der Waals surface area contributed by atoms with Crippen molar-refractivity contribution in [1.29, 1.82) is 0 Å². The van der Waals surface area contributed by atoms with Crippen LogP contribution in [-0.4, -0.2) is 33.2 Å². The Bertz CT molecular complexity index is 1380. The van der Waals surface area contributed by atoms with Crippen molar-refractivity contribution in [3.63, 3.8) is 0 Å². The first-order chi connectivity index (χ1) is 16.9. The number of carbonyl (C=O) groups is 2. The van der Waals surface area contributed by atoms with E-state index < -0.39 is 0 Å². The number of nitrogens with zero attached hydrogens (tertiary/aromatic N) is 3. The molecule has 4 aromatic rings. The SMILES string of the molecule is Cc1ccc(C=NNC(=O)c2scc(C)c2NC(=O)c2cccc(CSc3nc[nH]n3)c2)cc1C. The van der Waals surface area contributed by atoms with Gasteiger partial charge in [-0.15, -0.1) is 16.4 Å². The Hall–Kier alpha value is -3.76. The topological polar surface area (TPSA) is 112 Å². The van der Waals surface area contributed by atoms with Gasteiger partial charge >= 0.3 is 0 Å². The number of aromatic nitrogens is 3. The van der Waals surface area contributed by atoms with Crippen LogP contribution in [0.1, 0.15) is 47.8 Å². The van der Waals surface area contributed by atoms with E-state index in [4.69, 9.17) is 0 Å². The molecule has 0 unspecified atom stereocenters. The van der Waals surface area contributed by atoms with Gasteiger partial charge in [-0.25, -0.2) is 10.4 Å². The van der Waals surface area contributed by atoms with E-state index in [0.717, 1.165) is 22.3 Å². The van der Waals surface area contributed by atoms with Crippen molar-refractivity contribution in [3.8, 4) is 0 Å². The molecule has 2 aromatic heterocycles. The van der Waals surface area contributed by atoms with Crippen LogP contribution < -0.4 is 10.7 Å². The minimum atomic E-state index is -0.380. The van der Waals surface area contributed by atoms with Gasteiger partial charge in [0.2, 0.25) is 5.16 Å². The molecule has 3 N–H and O–H groups in total. The first kappa shape index (κ1) is 24.4. The summed E-state index contributed by atoms with van der Waals surface area (Å²) < 4.78 is 0. The number of thioether (sulfide) groups is 1. The van der Waals surface area contributed by atoms with E-state index in [1.165, 1.54) is 35.0 Å². The molecule has 0 aliphatic rings. The van der Waals surface area contributed by atoms with Crippen molar-refractivity contribution < 1.29 is 9.59 Å². The molecule has 2 amide bonds. The Morgan fingerprint density at radius 1 is 1.09 bits per heavy atom. The number of thiophene rings is 1. The van der Waals surface area contributed by atoms with E-state index in [2.05, 4.69) is 31.0 Å². The molecule has 0 aliphatic heterocycles. The van der Waals surface area contributed by atoms with Crippen LogP contribution in [0.3, 0.4) is 0 Å². The molecular formula is C25H24N6O2S2. The van der Waals surface area contributed by atoms with Gasteiger partial charge in [0.15, 0.2) is 0 Å². The zero-order valence-corrected chi connectivity index (χ0v) is 21.1. The monoisotopic (exact) mass is 504 g/mol. The number of hydrogen-bond donors (Lipinski definition) is 3. The van der Waals surface area contributed by atoms with Crippen LogP contribution in [0.4, 0.5) is 5.69 Å². The predicted octanol–water partition coefficient (Wildman–Crippen LogP) is 5.10. The Balaban J connectivity index is 1.42. The van der Waals surface area contributed by atoms with Gasteiger partial charge in [0.25, 0.3) is 11.8 Å². The third kappa shape index (κ3) is 6.23. The largest absolute Gasteiger partial charge is 0.320 e. The van der Waals surface area contributed by atoms with E-state index in [1.54, 1.807) is 12.3 Å². The lowest BCUT2D eigenvalue weighted by Crippen LogP contribution is -2.20. The number of aryl methyl sites for hydroxylation is 3. The molecular weight excluding hydrogens is 480 g/mol. The van der Waals surface area contributed by atoms with Gasteiger partial charge in [0.05, 0.1) is 11.9 Å². The summed E-state index contributed by atoms with van der Waals surface area (Å²) >= 11 is 2.73. The smallest absolute Gasteiger partial charge is 0.283 e. The summed E-state index contributed by atoms with van der Waals surface area (Å²) in [6, 6.07) is 13.3. The molecule has 0 radical (unpaired) electrons. The van der Waals surface area contributed by atoms with Crippen molar-refractivity contribution in [2.75, 3.05) is 5.32 Å². The van der Waals surface area contributed by atoms with E-state index in [-0.39, 0.29) is 11.8 Å². The summed E-state index contributed by atoms with van der Waals surface area (Å²) in [5, 5.41) is 16.2. The van der Waals surface area contributed by atoms with E-state index in [9.17, 15) is 9.59 Å². The zero-order chi connectivity index (χ0) is 24.8. The van der Waals surface area contributed by atoms with Gasteiger partial charge in [-0.2, -0.15) is 5.10 Å². The van der Waals surface area contributed by atoms with Crippen molar-refractivity contribution in [2.45, 2.75) is 31.7 Å².